The van der Waals surface area contributed by atoms with Crippen molar-refractivity contribution in [1.82, 2.24) is 20.5 Å². The van der Waals surface area contributed by atoms with Gasteiger partial charge >= 0.3 is 11.8 Å². The topological polar surface area (TPSA) is 77.6 Å². The molecule has 1 aromatic heterocycles. The molecule has 35 heavy (non-hydrogen) atoms. The van der Waals surface area contributed by atoms with Crippen LogP contribution in [0.5, 0.6) is 0 Å². The molecule has 2 aromatic carbocycles. The van der Waals surface area contributed by atoms with Gasteiger partial charge in [-0.1, -0.05) is 54.6 Å². The van der Waals surface area contributed by atoms with Crippen molar-refractivity contribution in [1.29, 1.82) is 0 Å². The summed E-state index contributed by atoms with van der Waals surface area (Å²) in [5.41, 5.74) is 3.48. The Kier molecular flexibility index (Phi) is 8.84. The SMILES string of the molecule is O=C(NCCCc1ccccc1)C(=O)NC[C@H](c1cccnc1)N1CCN(c2ccccc2)CC1. The zero-order valence-electron chi connectivity index (χ0n) is 20.0. The first-order valence-corrected chi connectivity index (χ1v) is 12.2. The van der Waals surface area contributed by atoms with Crippen molar-refractivity contribution in [2.24, 2.45) is 0 Å². The molecule has 0 spiro atoms. The predicted octanol–water partition coefficient (Wildman–Crippen LogP) is 2.81. The second-order valence-corrected chi connectivity index (χ2v) is 8.72. The monoisotopic (exact) mass is 471 g/mol. The quantitative estimate of drug-likeness (QED) is 0.371. The van der Waals surface area contributed by atoms with Gasteiger partial charge in [-0.05, 0) is 42.2 Å². The van der Waals surface area contributed by atoms with Gasteiger partial charge < -0.3 is 15.5 Å². The summed E-state index contributed by atoms with van der Waals surface area (Å²) in [6.07, 6.45) is 5.23. The molecule has 2 amide bonds. The number of hydrogen-bond donors (Lipinski definition) is 2. The minimum atomic E-state index is -0.596. The van der Waals surface area contributed by atoms with Gasteiger partial charge in [0.15, 0.2) is 0 Å². The maximum Gasteiger partial charge on any atom is 0.309 e. The molecule has 1 aliphatic rings. The van der Waals surface area contributed by atoms with Crippen LogP contribution in [0.1, 0.15) is 23.6 Å². The van der Waals surface area contributed by atoms with Crippen LogP contribution in [0.3, 0.4) is 0 Å². The van der Waals surface area contributed by atoms with E-state index in [-0.39, 0.29) is 6.04 Å². The maximum absolute atomic E-state index is 12.5. The number of benzene rings is 2. The molecule has 0 aliphatic carbocycles. The third-order valence-corrected chi connectivity index (χ3v) is 6.38. The highest BCUT2D eigenvalue weighted by Crippen LogP contribution is 2.23. The molecule has 182 valence electrons. The number of carbonyl (C=O) groups excluding carboxylic acids is 2. The van der Waals surface area contributed by atoms with Gasteiger partial charge in [0, 0.05) is 57.3 Å². The van der Waals surface area contributed by atoms with Crippen molar-refractivity contribution in [2.75, 3.05) is 44.2 Å². The number of hydrogen-bond acceptors (Lipinski definition) is 5. The minimum absolute atomic E-state index is 0.0450. The van der Waals surface area contributed by atoms with Crippen molar-refractivity contribution in [3.8, 4) is 0 Å². The second kappa shape index (κ2) is 12.7. The molecule has 0 bridgehead atoms. The fraction of sp³-hybridized carbons (Fsp3) is 0.321. The van der Waals surface area contributed by atoms with Crippen LogP contribution >= 0.6 is 0 Å². The van der Waals surface area contributed by atoms with E-state index in [0.717, 1.165) is 44.6 Å². The highest BCUT2D eigenvalue weighted by atomic mass is 16.2. The van der Waals surface area contributed by atoms with Crippen LogP contribution in [0.15, 0.2) is 85.2 Å². The third-order valence-electron chi connectivity index (χ3n) is 6.38. The lowest BCUT2D eigenvalue weighted by Gasteiger charge is -2.40. The minimum Gasteiger partial charge on any atom is -0.369 e. The number of carbonyl (C=O) groups is 2. The van der Waals surface area contributed by atoms with E-state index in [4.69, 9.17) is 0 Å². The Hall–Kier alpha value is -3.71. The second-order valence-electron chi connectivity index (χ2n) is 8.72. The van der Waals surface area contributed by atoms with Gasteiger partial charge in [0.1, 0.15) is 0 Å². The van der Waals surface area contributed by atoms with Crippen LogP contribution < -0.4 is 15.5 Å². The number of nitrogens with zero attached hydrogens (tertiary/aromatic N) is 3. The number of nitrogens with one attached hydrogen (secondary N) is 2. The molecule has 7 nitrogen and oxygen atoms in total. The molecule has 0 radical (unpaired) electrons. The average molecular weight is 472 g/mol. The standard InChI is InChI=1S/C28H33N5O2/c34-27(30-16-7-11-23-9-3-1-4-10-23)28(35)31-22-26(24-12-8-15-29-21-24)33-19-17-32(18-20-33)25-13-5-2-6-14-25/h1-6,8-10,12-15,21,26H,7,11,16-20,22H2,(H,30,34)(H,31,35)/t26-/m1/s1. The maximum atomic E-state index is 12.5. The molecule has 1 aliphatic heterocycles. The lowest BCUT2D eigenvalue weighted by molar-refractivity contribution is -0.139. The largest absolute Gasteiger partial charge is 0.369 e. The highest BCUT2D eigenvalue weighted by molar-refractivity contribution is 6.35. The van der Waals surface area contributed by atoms with Gasteiger partial charge in [0.25, 0.3) is 0 Å². The van der Waals surface area contributed by atoms with Gasteiger partial charge in [-0.25, -0.2) is 0 Å². The van der Waals surface area contributed by atoms with E-state index < -0.39 is 11.8 Å². The summed E-state index contributed by atoms with van der Waals surface area (Å²) in [5, 5.41) is 5.58. The van der Waals surface area contributed by atoms with E-state index in [2.05, 4.69) is 61.8 Å². The Morgan fingerprint density at radius 1 is 0.829 bits per heavy atom. The number of pyridine rings is 1. The number of para-hydroxylation sites is 1. The Morgan fingerprint density at radius 2 is 1.51 bits per heavy atom. The molecule has 1 saturated heterocycles. The van der Waals surface area contributed by atoms with Crippen molar-refractivity contribution >= 4 is 17.5 Å². The van der Waals surface area contributed by atoms with E-state index in [1.165, 1.54) is 11.3 Å². The molecule has 0 saturated carbocycles. The average Bonchev–Trinajstić information content (AvgIpc) is 2.93. The number of rotatable bonds is 9. The molecule has 2 N–H and O–H groups in total. The van der Waals surface area contributed by atoms with Crippen LogP contribution in [0.2, 0.25) is 0 Å². The number of amides is 2. The van der Waals surface area contributed by atoms with Gasteiger partial charge in [0.2, 0.25) is 0 Å². The lowest BCUT2D eigenvalue weighted by atomic mass is 10.1. The summed E-state index contributed by atoms with van der Waals surface area (Å²) in [7, 11) is 0. The Balaban J connectivity index is 1.27. The number of piperazine rings is 1. The molecule has 0 unspecified atom stereocenters. The Morgan fingerprint density at radius 3 is 2.20 bits per heavy atom. The lowest BCUT2D eigenvalue weighted by Crippen LogP contribution is -2.51. The van der Waals surface area contributed by atoms with E-state index in [0.29, 0.717) is 13.1 Å². The van der Waals surface area contributed by atoms with Crippen molar-refractivity contribution in [3.63, 3.8) is 0 Å². The fourth-order valence-electron chi connectivity index (χ4n) is 4.45. The number of anilines is 1. The first-order chi connectivity index (χ1) is 17.2. The zero-order chi connectivity index (χ0) is 24.3. The number of aryl methyl sites for hydroxylation is 1. The first kappa shape index (κ1) is 24.4. The molecule has 1 atom stereocenters. The third kappa shape index (κ3) is 7.13. The van der Waals surface area contributed by atoms with Crippen molar-refractivity contribution in [3.05, 3.63) is 96.3 Å². The Labute approximate surface area is 207 Å². The summed E-state index contributed by atoms with van der Waals surface area (Å²) in [6.45, 7) is 4.33. The molecule has 7 heteroatoms. The molecule has 2 heterocycles. The van der Waals surface area contributed by atoms with Gasteiger partial charge in [-0.15, -0.1) is 0 Å². The summed E-state index contributed by atoms with van der Waals surface area (Å²) in [4.78, 5) is 33.8. The van der Waals surface area contributed by atoms with Crippen molar-refractivity contribution in [2.45, 2.75) is 18.9 Å². The first-order valence-electron chi connectivity index (χ1n) is 12.2. The molecular formula is C28H33N5O2. The van der Waals surface area contributed by atoms with E-state index in [9.17, 15) is 9.59 Å². The smallest absolute Gasteiger partial charge is 0.309 e. The van der Waals surface area contributed by atoms with E-state index in [1.54, 1.807) is 6.20 Å². The van der Waals surface area contributed by atoms with Gasteiger partial charge in [-0.3, -0.25) is 19.5 Å². The van der Waals surface area contributed by atoms with Gasteiger partial charge in [-0.2, -0.15) is 0 Å². The van der Waals surface area contributed by atoms with Crippen molar-refractivity contribution < 1.29 is 9.59 Å². The summed E-state index contributed by atoms with van der Waals surface area (Å²) in [5.74, 6) is -1.18. The van der Waals surface area contributed by atoms with Crippen LogP contribution in [0.4, 0.5) is 5.69 Å². The molecular weight excluding hydrogens is 438 g/mol. The number of aromatic nitrogens is 1. The zero-order valence-corrected chi connectivity index (χ0v) is 20.0. The van der Waals surface area contributed by atoms with Crippen LogP contribution in [0.25, 0.3) is 0 Å². The predicted molar refractivity (Wildman–Crippen MR) is 138 cm³/mol. The Bertz CT molecular complexity index is 1050. The normalized spacial score (nSPS) is 14.8. The summed E-state index contributed by atoms with van der Waals surface area (Å²) < 4.78 is 0. The van der Waals surface area contributed by atoms with Gasteiger partial charge in [0.05, 0.1) is 6.04 Å². The van der Waals surface area contributed by atoms with Crippen LogP contribution in [-0.4, -0.2) is 61.0 Å². The molecule has 4 rings (SSSR count). The van der Waals surface area contributed by atoms with E-state index in [1.807, 2.05) is 42.6 Å². The summed E-state index contributed by atoms with van der Waals surface area (Å²) >= 11 is 0. The van der Waals surface area contributed by atoms with Crippen LogP contribution in [0, 0.1) is 0 Å². The van der Waals surface area contributed by atoms with Crippen LogP contribution in [-0.2, 0) is 16.0 Å². The van der Waals surface area contributed by atoms with E-state index >= 15 is 0 Å². The summed E-state index contributed by atoms with van der Waals surface area (Å²) in [6, 6.07) is 24.4. The highest BCUT2D eigenvalue weighted by Gasteiger charge is 2.26. The molecule has 1 fully saturated rings. The fourth-order valence-corrected chi connectivity index (χ4v) is 4.45. The molecule has 3 aromatic rings.